The zero-order valence-electron chi connectivity index (χ0n) is 18.4. The predicted octanol–water partition coefficient (Wildman–Crippen LogP) is -1.25. The fraction of sp³-hybridized carbons (Fsp3) is 0.941. The van der Waals surface area contributed by atoms with Crippen LogP contribution in [0.25, 0.3) is 0 Å². The fourth-order valence-electron chi connectivity index (χ4n) is 2.73. The Labute approximate surface area is 175 Å². The molecular weight excluding hydrogens is 420 g/mol. The molecule has 0 unspecified atom stereocenters. The van der Waals surface area contributed by atoms with E-state index in [1.165, 1.54) is 22.0 Å². The number of rotatable bonds is 6. The molecule has 2 saturated heterocycles. The second-order valence-corrected chi connectivity index (χ2v) is 12.0. The number of nitrogens with zero attached hydrogens (tertiary/aromatic N) is 4. The van der Waals surface area contributed by atoms with Gasteiger partial charge in [0.2, 0.25) is 20.0 Å². The summed E-state index contributed by atoms with van der Waals surface area (Å²) in [6.07, 6.45) is 1.26. The summed E-state index contributed by atoms with van der Waals surface area (Å²) in [5.74, 6) is -0.902. The molecule has 172 valence electrons. The van der Waals surface area contributed by atoms with Crippen molar-refractivity contribution in [1.29, 1.82) is 0 Å². The van der Waals surface area contributed by atoms with E-state index in [1.54, 1.807) is 13.8 Å². The van der Waals surface area contributed by atoms with E-state index in [0.717, 1.165) is 13.1 Å². The Bertz CT molecular complexity index is 738. The monoisotopic (exact) mass is 456 g/mol. The van der Waals surface area contributed by atoms with Gasteiger partial charge in [-0.05, 0) is 27.9 Å². The highest BCUT2D eigenvalue weighted by molar-refractivity contribution is 7.89. The number of carbonyl (C=O) groups excluding carboxylic acids is 1. The Morgan fingerprint density at radius 3 is 1.55 bits per heavy atom. The molecule has 10 nitrogen and oxygen atoms in total. The highest BCUT2D eigenvalue weighted by atomic mass is 32.2. The van der Waals surface area contributed by atoms with Crippen LogP contribution in [0, 0.1) is 0 Å². The summed E-state index contributed by atoms with van der Waals surface area (Å²) in [5, 5.41) is 0. The molecule has 29 heavy (non-hydrogen) atoms. The van der Waals surface area contributed by atoms with Crippen LogP contribution in [-0.2, 0) is 29.6 Å². The van der Waals surface area contributed by atoms with Crippen molar-refractivity contribution in [2.24, 2.45) is 0 Å². The number of sulfonamides is 2. The van der Waals surface area contributed by atoms with Gasteiger partial charge in [0.05, 0.1) is 6.26 Å². The average Bonchev–Trinajstić information content (AvgIpc) is 2.62. The third-order valence-corrected chi connectivity index (χ3v) is 8.36. The summed E-state index contributed by atoms with van der Waals surface area (Å²) in [6, 6.07) is 0. The molecular formula is C17H36N4O6S2. The van der Waals surface area contributed by atoms with Crippen molar-refractivity contribution < 1.29 is 26.4 Å². The van der Waals surface area contributed by atoms with Gasteiger partial charge in [-0.2, -0.15) is 8.61 Å². The number of hydrogen-bond donors (Lipinski definition) is 0. The van der Waals surface area contributed by atoms with Crippen LogP contribution in [0.3, 0.4) is 0 Å². The van der Waals surface area contributed by atoms with Crippen LogP contribution < -0.4 is 0 Å². The Balaban J connectivity index is 0.000000326. The van der Waals surface area contributed by atoms with Gasteiger partial charge >= 0.3 is 0 Å². The zero-order valence-corrected chi connectivity index (χ0v) is 20.1. The molecule has 0 amide bonds. The van der Waals surface area contributed by atoms with E-state index in [0.29, 0.717) is 39.3 Å². The van der Waals surface area contributed by atoms with Crippen molar-refractivity contribution in [3.05, 3.63) is 0 Å². The lowest BCUT2D eigenvalue weighted by molar-refractivity contribution is -0.134. The molecule has 0 bridgehead atoms. The van der Waals surface area contributed by atoms with E-state index in [2.05, 4.69) is 9.80 Å². The van der Waals surface area contributed by atoms with Gasteiger partial charge in [0.25, 0.3) is 0 Å². The maximum atomic E-state index is 12.1. The molecule has 0 aromatic carbocycles. The second kappa shape index (κ2) is 10.6. The number of Topliss-reactive ketones (excluding diaryl/α,β-unsaturated/α-hetero) is 1. The Kier molecular flexibility index (Phi) is 9.65. The number of ketones is 1. The molecule has 2 rings (SSSR count). The van der Waals surface area contributed by atoms with Gasteiger partial charge in [-0.25, -0.2) is 16.8 Å². The van der Waals surface area contributed by atoms with Gasteiger partial charge in [0.15, 0.2) is 5.78 Å². The summed E-state index contributed by atoms with van der Waals surface area (Å²) in [5.41, 5.74) is -1.06. The normalized spacial score (nSPS) is 21.4. The van der Waals surface area contributed by atoms with Gasteiger partial charge in [-0.3, -0.25) is 4.79 Å². The number of likely N-dealkylation sites (N-methyl/N-ethyl adjacent to an activating group) is 2. The van der Waals surface area contributed by atoms with Crippen LogP contribution in [0.2, 0.25) is 0 Å². The minimum atomic E-state index is -3.52. The molecule has 0 aromatic heterocycles. The van der Waals surface area contributed by atoms with Crippen LogP contribution in [0.4, 0.5) is 0 Å². The minimum Gasteiger partial charge on any atom is -0.371 e. The van der Waals surface area contributed by atoms with E-state index >= 15 is 0 Å². The maximum absolute atomic E-state index is 12.1. The van der Waals surface area contributed by atoms with Gasteiger partial charge in [0, 0.05) is 59.5 Å². The van der Waals surface area contributed by atoms with Crippen LogP contribution in [0.5, 0.6) is 0 Å². The summed E-state index contributed by atoms with van der Waals surface area (Å²) in [6.45, 7) is 8.38. The van der Waals surface area contributed by atoms with E-state index in [4.69, 9.17) is 4.74 Å². The summed E-state index contributed by atoms with van der Waals surface area (Å²) in [7, 11) is -1.11. The predicted molar refractivity (Wildman–Crippen MR) is 113 cm³/mol. The van der Waals surface area contributed by atoms with Crippen LogP contribution >= 0.6 is 0 Å². The molecule has 0 N–H and O–H groups in total. The smallest absolute Gasteiger partial charge is 0.221 e. The third-order valence-electron chi connectivity index (χ3n) is 5.28. The van der Waals surface area contributed by atoms with E-state index < -0.39 is 37.2 Å². The molecule has 12 heteroatoms. The fourth-order valence-corrected chi connectivity index (χ4v) is 5.14. The molecule has 0 spiro atoms. The molecule has 0 aliphatic carbocycles. The molecule has 2 aliphatic rings. The average molecular weight is 457 g/mol. The molecule has 0 radical (unpaired) electrons. The minimum absolute atomic E-state index is 0.413. The quantitative estimate of drug-likeness (QED) is 0.488. The highest BCUT2D eigenvalue weighted by Gasteiger charge is 2.34. The Morgan fingerprint density at radius 1 is 0.828 bits per heavy atom. The third kappa shape index (κ3) is 8.56. The van der Waals surface area contributed by atoms with Gasteiger partial charge in [0.1, 0.15) is 11.4 Å². The first-order chi connectivity index (χ1) is 13.2. The Hall–Kier alpha value is -0.630. The van der Waals surface area contributed by atoms with Crippen LogP contribution in [-0.4, -0.2) is 132 Å². The van der Waals surface area contributed by atoms with Crippen molar-refractivity contribution in [3.8, 4) is 0 Å². The maximum Gasteiger partial charge on any atom is 0.221 e. The standard InChI is InChI=1S/C11H22N2O4S.C6H14N2O2S/c1-11(2,17-4)10(14)9-18(15,16)13-7-5-12(3)6-8-13;1-7-3-5-8(6-4-7)11(2,9)10/h5-9H2,1-4H3;3-6H2,1-2H3. The number of methoxy groups -OCH3 is 1. The first-order valence-corrected chi connectivity index (χ1v) is 13.0. The van der Waals surface area contributed by atoms with E-state index in [9.17, 15) is 21.6 Å². The molecule has 2 fully saturated rings. The van der Waals surface area contributed by atoms with E-state index in [1.807, 2.05) is 14.1 Å². The zero-order chi connectivity index (χ0) is 22.5. The lowest BCUT2D eigenvalue weighted by atomic mass is 10.1. The lowest BCUT2D eigenvalue weighted by Gasteiger charge is -2.32. The van der Waals surface area contributed by atoms with E-state index in [-0.39, 0.29) is 0 Å². The first-order valence-electron chi connectivity index (χ1n) is 9.57. The van der Waals surface area contributed by atoms with Crippen molar-refractivity contribution in [2.45, 2.75) is 19.4 Å². The van der Waals surface area contributed by atoms with Gasteiger partial charge in [-0.1, -0.05) is 0 Å². The first kappa shape index (κ1) is 26.4. The molecule has 0 aromatic rings. The highest BCUT2D eigenvalue weighted by Crippen LogP contribution is 2.14. The van der Waals surface area contributed by atoms with Gasteiger partial charge < -0.3 is 14.5 Å². The number of carbonyl (C=O) groups is 1. The summed E-state index contributed by atoms with van der Waals surface area (Å²) in [4.78, 5) is 16.1. The summed E-state index contributed by atoms with van der Waals surface area (Å²) >= 11 is 0. The van der Waals surface area contributed by atoms with Crippen molar-refractivity contribution in [1.82, 2.24) is 18.4 Å². The second-order valence-electron chi connectivity index (χ2n) is 8.06. The topological polar surface area (TPSA) is 108 Å². The van der Waals surface area contributed by atoms with Crippen molar-refractivity contribution >= 4 is 25.8 Å². The largest absolute Gasteiger partial charge is 0.371 e. The Morgan fingerprint density at radius 2 is 1.21 bits per heavy atom. The van der Waals surface area contributed by atoms with Crippen LogP contribution in [0.15, 0.2) is 0 Å². The molecule has 2 aliphatic heterocycles. The number of ether oxygens (including phenoxy) is 1. The number of piperazine rings is 2. The molecule has 0 saturated carbocycles. The van der Waals surface area contributed by atoms with Crippen molar-refractivity contribution in [2.75, 3.05) is 85.6 Å². The molecule has 0 atom stereocenters. The SMILES string of the molecule is CN1CCN(S(C)(=O)=O)CC1.COC(C)(C)C(=O)CS(=O)(=O)N1CCN(C)CC1. The van der Waals surface area contributed by atoms with Crippen molar-refractivity contribution in [3.63, 3.8) is 0 Å². The van der Waals surface area contributed by atoms with Crippen LogP contribution in [0.1, 0.15) is 13.8 Å². The summed E-state index contributed by atoms with van der Waals surface area (Å²) < 4.78 is 54.1. The number of hydrogen-bond acceptors (Lipinski definition) is 8. The molecule has 2 heterocycles. The van der Waals surface area contributed by atoms with Gasteiger partial charge in [-0.15, -0.1) is 0 Å². The lowest BCUT2D eigenvalue weighted by Crippen LogP contribution is -2.50.